The monoisotopic (exact) mass is 259 g/mol. The minimum absolute atomic E-state index is 0.152. The molecule has 4 N–H and O–H groups in total. The number of nitrogens with two attached hydrogens (primary N) is 1. The summed E-state index contributed by atoms with van der Waals surface area (Å²) in [5.74, 6) is 0. The zero-order valence-corrected chi connectivity index (χ0v) is 12.1. The molecule has 0 aliphatic heterocycles. The molecular weight excluding hydrogens is 226 g/mol. The third kappa shape index (κ3) is 11.0. The molecule has 0 aromatic carbocycles. The second-order valence-electron chi connectivity index (χ2n) is 5.34. The summed E-state index contributed by atoms with van der Waals surface area (Å²) in [5, 5.41) is 18.8. The van der Waals surface area contributed by atoms with Crippen LogP contribution in [-0.4, -0.2) is 29.0 Å². The summed E-state index contributed by atoms with van der Waals surface area (Å²) in [7, 11) is 0. The van der Waals surface area contributed by atoms with Crippen LogP contribution in [-0.2, 0) is 0 Å². The first-order valence-corrected chi connectivity index (χ1v) is 7.78. The van der Waals surface area contributed by atoms with Crippen molar-refractivity contribution in [1.29, 1.82) is 0 Å². The Labute approximate surface area is 113 Å². The van der Waals surface area contributed by atoms with Crippen LogP contribution in [0.2, 0.25) is 0 Å². The molecule has 0 aliphatic rings. The zero-order valence-electron chi connectivity index (χ0n) is 12.1. The third-order valence-corrected chi connectivity index (χ3v) is 3.54. The van der Waals surface area contributed by atoms with Crippen molar-refractivity contribution < 1.29 is 10.2 Å². The predicted molar refractivity (Wildman–Crippen MR) is 77.5 cm³/mol. The second kappa shape index (κ2) is 13.3. The fourth-order valence-electron chi connectivity index (χ4n) is 2.19. The Hall–Kier alpha value is -0.120. The Morgan fingerprint density at radius 1 is 0.722 bits per heavy atom. The minimum atomic E-state index is -0.747. The summed E-state index contributed by atoms with van der Waals surface area (Å²) in [5.41, 5.74) is 5.28. The first kappa shape index (κ1) is 17.9. The van der Waals surface area contributed by atoms with Gasteiger partial charge in [0, 0.05) is 6.54 Å². The molecule has 110 valence electrons. The lowest BCUT2D eigenvalue weighted by atomic mass is 10.0. The van der Waals surface area contributed by atoms with Gasteiger partial charge in [0.25, 0.3) is 0 Å². The van der Waals surface area contributed by atoms with E-state index >= 15 is 0 Å². The van der Waals surface area contributed by atoms with Gasteiger partial charge in [0.15, 0.2) is 0 Å². The van der Waals surface area contributed by atoms with Crippen molar-refractivity contribution in [2.75, 3.05) is 6.54 Å². The van der Waals surface area contributed by atoms with E-state index in [1.165, 1.54) is 51.4 Å². The molecule has 0 spiro atoms. The zero-order chi connectivity index (χ0) is 13.6. The quantitative estimate of drug-likeness (QED) is 0.445. The summed E-state index contributed by atoms with van der Waals surface area (Å²) in [6.45, 7) is 2.40. The van der Waals surface area contributed by atoms with Crippen molar-refractivity contribution in [2.24, 2.45) is 5.73 Å². The number of aliphatic hydroxyl groups excluding tert-OH is 2. The lowest BCUT2D eigenvalue weighted by Crippen LogP contribution is -2.32. The van der Waals surface area contributed by atoms with E-state index in [1.807, 2.05) is 0 Å². The average molecular weight is 259 g/mol. The molecule has 0 fully saturated rings. The molecule has 0 aromatic rings. The van der Waals surface area contributed by atoms with Gasteiger partial charge in [-0.05, 0) is 6.42 Å². The van der Waals surface area contributed by atoms with Gasteiger partial charge in [-0.3, -0.25) is 0 Å². The maximum Gasteiger partial charge on any atom is 0.0920 e. The number of unbranched alkanes of at least 4 members (excludes halogenated alkanes) is 9. The van der Waals surface area contributed by atoms with E-state index in [0.29, 0.717) is 6.42 Å². The minimum Gasteiger partial charge on any atom is -0.390 e. The van der Waals surface area contributed by atoms with Crippen LogP contribution in [0, 0.1) is 0 Å². The Balaban J connectivity index is 3.11. The van der Waals surface area contributed by atoms with Gasteiger partial charge >= 0.3 is 0 Å². The van der Waals surface area contributed by atoms with E-state index in [4.69, 9.17) is 5.73 Å². The van der Waals surface area contributed by atoms with Gasteiger partial charge in [-0.15, -0.1) is 0 Å². The van der Waals surface area contributed by atoms with Crippen LogP contribution < -0.4 is 5.73 Å². The SMILES string of the molecule is CCCCCCCCCCCCC(O)C(O)CN. The summed E-state index contributed by atoms with van der Waals surface area (Å²) >= 11 is 0. The summed E-state index contributed by atoms with van der Waals surface area (Å²) in [6, 6.07) is 0. The Bertz CT molecular complexity index is 165. The van der Waals surface area contributed by atoms with Crippen LogP contribution in [0.15, 0.2) is 0 Å². The van der Waals surface area contributed by atoms with Gasteiger partial charge in [-0.25, -0.2) is 0 Å². The third-order valence-electron chi connectivity index (χ3n) is 3.54. The standard InChI is InChI=1S/C15H33NO2/c1-2-3-4-5-6-7-8-9-10-11-12-14(17)15(18)13-16/h14-15,17-18H,2-13,16H2,1H3. The van der Waals surface area contributed by atoms with Crippen LogP contribution in [0.25, 0.3) is 0 Å². The number of aliphatic hydroxyl groups is 2. The van der Waals surface area contributed by atoms with E-state index in [1.54, 1.807) is 0 Å². The van der Waals surface area contributed by atoms with Crippen molar-refractivity contribution >= 4 is 0 Å². The highest BCUT2D eigenvalue weighted by Gasteiger charge is 2.13. The van der Waals surface area contributed by atoms with Gasteiger partial charge in [0.1, 0.15) is 0 Å². The Morgan fingerprint density at radius 2 is 1.17 bits per heavy atom. The van der Waals surface area contributed by atoms with Gasteiger partial charge in [0.05, 0.1) is 12.2 Å². The molecule has 0 rings (SSSR count). The van der Waals surface area contributed by atoms with E-state index in [0.717, 1.165) is 12.8 Å². The molecule has 2 unspecified atom stereocenters. The predicted octanol–water partition coefficient (Wildman–Crippen LogP) is 2.98. The van der Waals surface area contributed by atoms with E-state index in [-0.39, 0.29) is 6.54 Å². The van der Waals surface area contributed by atoms with Crippen molar-refractivity contribution in [3.05, 3.63) is 0 Å². The summed E-state index contributed by atoms with van der Waals surface area (Å²) < 4.78 is 0. The second-order valence-corrected chi connectivity index (χ2v) is 5.34. The lowest BCUT2D eigenvalue weighted by molar-refractivity contribution is 0.0188. The summed E-state index contributed by atoms with van der Waals surface area (Å²) in [6.07, 6.45) is 12.2. The normalized spacial score (nSPS) is 14.7. The van der Waals surface area contributed by atoms with Crippen LogP contribution in [0.1, 0.15) is 77.6 Å². The molecule has 3 heteroatoms. The van der Waals surface area contributed by atoms with Crippen LogP contribution in [0.3, 0.4) is 0 Å². The number of hydrogen-bond donors (Lipinski definition) is 3. The first-order valence-electron chi connectivity index (χ1n) is 7.78. The van der Waals surface area contributed by atoms with E-state index in [2.05, 4.69) is 6.92 Å². The van der Waals surface area contributed by atoms with Crippen molar-refractivity contribution in [2.45, 2.75) is 89.8 Å². The molecule has 3 nitrogen and oxygen atoms in total. The molecule has 0 aromatic heterocycles. The maximum absolute atomic E-state index is 9.51. The fourth-order valence-corrected chi connectivity index (χ4v) is 2.19. The van der Waals surface area contributed by atoms with Crippen molar-refractivity contribution in [1.82, 2.24) is 0 Å². The van der Waals surface area contributed by atoms with Crippen LogP contribution in [0.4, 0.5) is 0 Å². The largest absolute Gasteiger partial charge is 0.390 e. The highest BCUT2D eigenvalue weighted by molar-refractivity contribution is 4.67. The maximum atomic E-state index is 9.51. The Morgan fingerprint density at radius 3 is 1.61 bits per heavy atom. The molecule has 0 saturated heterocycles. The first-order chi connectivity index (χ1) is 8.72. The molecule has 0 radical (unpaired) electrons. The number of hydrogen-bond acceptors (Lipinski definition) is 3. The molecule has 0 saturated carbocycles. The van der Waals surface area contributed by atoms with Gasteiger partial charge in [-0.2, -0.15) is 0 Å². The lowest BCUT2D eigenvalue weighted by Gasteiger charge is -2.15. The number of rotatable bonds is 13. The van der Waals surface area contributed by atoms with Gasteiger partial charge in [-0.1, -0.05) is 71.1 Å². The topological polar surface area (TPSA) is 66.5 Å². The molecule has 2 atom stereocenters. The Kier molecular flexibility index (Phi) is 13.2. The highest BCUT2D eigenvalue weighted by atomic mass is 16.3. The highest BCUT2D eigenvalue weighted by Crippen LogP contribution is 2.12. The fraction of sp³-hybridized carbons (Fsp3) is 1.00. The molecular formula is C15H33NO2. The smallest absolute Gasteiger partial charge is 0.0920 e. The average Bonchev–Trinajstić information content (AvgIpc) is 2.39. The summed E-state index contributed by atoms with van der Waals surface area (Å²) in [4.78, 5) is 0. The van der Waals surface area contributed by atoms with Gasteiger partial charge < -0.3 is 15.9 Å². The van der Waals surface area contributed by atoms with E-state index < -0.39 is 12.2 Å². The molecule has 0 amide bonds. The molecule has 18 heavy (non-hydrogen) atoms. The molecule has 0 heterocycles. The molecule has 0 bridgehead atoms. The van der Waals surface area contributed by atoms with E-state index in [9.17, 15) is 10.2 Å². The van der Waals surface area contributed by atoms with Gasteiger partial charge in [0.2, 0.25) is 0 Å². The van der Waals surface area contributed by atoms with Crippen molar-refractivity contribution in [3.8, 4) is 0 Å². The molecule has 0 aliphatic carbocycles. The van der Waals surface area contributed by atoms with Crippen LogP contribution in [0.5, 0.6) is 0 Å². The van der Waals surface area contributed by atoms with Crippen molar-refractivity contribution in [3.63, 3.8) is 0 Å². The van der Waals surface area contributed by atoms with Crippen LogP contribution >= 0.6 is 0 Å².